The van der Waals surface area contributed by atoms with Crippen molar-refractivity contribution in [2.24, 2.45) is 0 Å². The quantitative estimate of drug-likeness (QED) is 0.580. The number of aliphatic hydroxyl groups is 1. The molecule has 27 heavy (non-hydrogen) atoms. The Kier molecular flexibility index (Phi) is 5.03. The first kappa shape index (κ1) is 19.1. The molecule has 0 saturated heterocycles. The minimum atomic E-state index is -0.956. The molecule has 3 rings (SSSR count). The number of carboxylic acid groups (broad SMARTS) is 1. The molecule has 4 N–H and O–H groups in total. The van der Waals surface area contributed by atoms with Crippen LogP contribution in [-0.2, 0) is 29.1 Å². The van der Waals surface area contributed by atoms with Crippen molar-refractivity contribution in [3.63, 3.8) is 0 Å². The number of nitrogen functional groups attached to an aromatic ring is 1. The van der Waals surface area contributed by atoms with Crippen LogP contribution in [0.25, 0.3) is 21.9 Å². The number of aryl methyl sites for hydroxylation is 1. The number of pyridine rings is 1. The Balaban J connectivity index is 2.22. The number of hydrogen-bond acceptors (Lipinski definition) is 6. The van der Waals surface area contributed by atoms with E-state index in [1.807, 2.05) is 22.8 Å². The topological polar surface area (TPSA) is 123 Å². The largest absolute Gasteiger partial charge is 0.481 e. The Labute approximate surface area is 156 Å². The van der Waals surface area contributed by atoms with Gasteiger partial charge in [0.05, 0.1) is 23.2 Å². The van der Waals surface area contributed by atoms with Crippen molar-refractivity contribution in [3.05, 3.63) is 29.6 Å². The average Bonchev–Trinajstić information content (AvgIpc) is 2.91. The van der Waals surface area contributed by atoms with Gasteiger partial charge >= 0.3 is 5.97 Å². The summed E-state index contributed by atoms with van der Waals surface area (Å²) >= 11 is 0. The lowest BCUT2D eigenvalue weighted by atomic mass is 10.1. The molecule has 0 aliphatic carbocycles. The van der Waals surface area contributed by atoms with E-state index in [2.05, 4.69) is 9.97 Å². The third-order valence-corrected chi connectivity index (χ3v) is 4.29. The van der Waals surface area contributed by atoms with Crippen molar-refractivity contribution in [2.75, 3.05) is 12.8 Å². The lowest BCUT2D eigenvalue weighted by Crippen LogP contribution is -2.27. The molecular formula is C19H24N4O4. The third kappa shape index (κ3) is 4.01. The van der Waals surface area contributed by atoms with E-state index in [0.717, 1.165) is 16.5 Å². The number of methoxy groups -OCH3 is 1. The molecule has 0 atom stereocenters. The average molecular weight is 372 g/mol. The highest BCUT2D eigenvalue weighted by Gasteiger charge is 2.22. The molecule has 0 bridgehead atoms. The van der Waals surface area contributed by atoms with Crippen molar-refractivity contribution in [1.29, 1.82) is 0 Å². The summed E-state index contributed by atoms with van der Waals surface area (Å²) in [6, 6.07) is 5.64. The maximum atomic E-state index is 10.8. The molecular weight excluding hydrogens is 348 g/mol. The van der Waals surface area contributed by atoms with Crippen LogP contribution in [0.2, 0.25) is 0 Å². The molecule has 0 fully saturated rings. The van der Waals surface area contributed by atoms with Crippen LogP contribution in [-0.4, -0.2) is 43.4 Å². The zero-order valence-corrected chi connectivity index (χ0v) is 15.7. The van der Waals surface area contributed by atoms with E-state index in [1.165, 1.54) is 0 Å². The second-order valence-electron chi connectivity index (χ2n) is 7.30. The molecule has 0 saturated carbocycles. The zero-order chi connectivity index (χ0) is 19.8. The summed E-state index contributed by atoms with van der Waals surface area (Å²) in [5, 5.41) is 20.1. The van der Waals surface area contributed by atoms with Gasteiger partial charge in [0.1, 0.15) is 17.9 Å². The van der Waals surface area contributed by atoms with Gasteiger partial charge in [0.25, 0.3) is 0 Å². The van der Waals surface area contributed by atoms with E-state index in [0.29, 0.717) is 35.6 Å². The molecule has 1 aromatic carbocycles. The molecule has 2 aromatic heterocycles. The Morgan fingerprint density at radius 1 is 1.33 bits per heavy atom. The number of hydrogen-bond donors (Lipinski definition) is 3. The Morgan fingerprint density at radius 3 is 2.70 bits per heavy atom. The number of carbonyl (C=O) groups is 1. The molecule has 0 aliphatic rings. The van der Waals surface area contributed by atoms with E-state index in [9.17, 15) is 9.90 Å². The lowest BCUT2D eigenvalue weighted by molar-refractivity contribution is -0.136. The second kappa shape index (κ2) is 7.13. The monoisotopic (exact) mass is 372 g/mol. The lowest BCUT2D eigenvalue weighted by Gasteiger charge is -2.20. The predicted molar refractivity (Wildman–Crippen MR) is 102 cm³/mol. The van der Waals surface area contributed by atoms with E-state index in [-0.39, 0.29) is 13.0 Å². The number of rotatable bonds is 7. The fourth-order valence-corrected chi connectivity index (χ4v) is 3.21. The van der Waals surface area contributed by atoms with E-state index >= 15 is 0 Å². The molecule has 0 aliphatic heterocycles. The van der Waals surface area contributed by atoms with E-state index in [4.69, 9.17) is 15.6 Å². The molecule has 0 spiro atoms. The summed E-state index contributed by atoms with van der Waals surface area (Å²) in [5.74, 6) is 0.107. The zero-order valence-electron chi connectivity index (χ0n) is 15.7. The summed E-state index contributed by atoms with van der Waals surface area (Å²) in [7, 11) is 1.59. The molecule has 8 heteroatoms. The van der Waals surface area contributed by atoms with Gasteiger partial charge in [0, 0.05) is 18.9 Å². The first-order valence-corrected chi connectivity index (χ1v) is 8.70. The van der Waals surface area contributed by atoms with Crippen LogP contribution < -0.4 is 5.73 Å². The molecule has 2 heterocycles. The van der Waals surface area contributed by atoms with Crippen LogP contribution in [0.1, 0.15) is 31.7 Å². The van der Waals surface area contributed by atoms with Crippen molar-refractivity contribution in [2.45, 2.75) is 45.4 Å². The van der Waals surface area contributed by atoms with Crippen molar-refractivity contribution in [3.8, 4) is 0 Å². The number of ether oxygens (including phenoxy) is 1. The number of aliphatic carboxylic acids is 1. The number of anilines is 1. The Hall–Kier alpha value is -2.71. The highest BCUT2D eigenvalue weighted by atomic mass is 16.5. The number of imidazole rings is 1. The fourth-order valence-electron chi connectivity index (χ4n) is 3.21. The number of nitrogens with zero attached hydrogens (tertiary/aromatic N) is 3. The molecule has 3 aromatic rings. The highest BCUT2D eigenvalue weighted by Crippen LogP contribution is 2.31. The van der Waals surface area contributed by atoms with Gasteiger partial charge in [-0.25, -0.2) is 9.97 Å². The number of benzene rings is 1. The first-order valence-electron chi connectivity index (χ1n) is 8.70. The van der Waals surface area contributed by atoms with Crippen molar-refractivity contribution < 1.29 is 19.7 Å². The van der Waals surface area contributed by atoms with Gasteiger partial charge in [-0.05, 0) is 31.9 Å². The van der Waals surface area contributed by atoms with E-state index < -0.39 is 11.6 Å². The van der Waals surface area contributed by atoms with Crippen LogP contribution in [0, 0.1) is 0 Å². The summed E-state index contributed by atoms with van der Waals surface area (Å²) in [6.07, 6.45) is 0.473. The summed E-state index contributed by atoms with van der Waals surface area (Å²) in [6.45, 7) is 4.06. The Morgan fingerprint density at radius 2 is 2.07 bits per heavy atom. The maximum absolute atomic E-state index is 10.8. The van der Waals surface area contributed by atoms with Crippen molar-refractivity contribution >= 4 is 33.7 Å². The number of fused-ring (bicyclic) bond motifs is 3. The summed E-state index contributed by atoms with van der Waals surface area (Å²) < 4.78 is 7.17. The molecule has 0 radical (unpaired) electrons. The van der Waals surface area contributed by atoms with Gasteiger partial charge in [-0.15, -0.1) is 0 Å². The maximum Gasteiger partial charge on any atom is 0.303 e. The molecule has 0 amide bonds. The Bertz CT molecular complexity index is 1000. The van der Waals surface area contributed by atoms with Gasteiger partial charge in [-0.2, -0.15) is 0 Å². The minimum Gasteiger partial charge on any atom is -0.481 e. The fraction of sp³-hybridized carbons (Fsp3) is 0.421. The van der Waals surface area contributed by atoms with Crippen LogP contribution in [0.15, 0.2) is 18.2 Å². The van der Waals surface area contributed by atoms with Crippen LogP contribution in [0.5, 0.6) is 0 Å². The van der Waals surface area contributed by atoms with Gasteiger partial charge in [-0.3, -0.25) is 4.79 Å². The third-order valence-electron chi connectivity index (χ3n) is 4.29. The predicted octanol–water partition coefficient (Wildman–Crippen LogP) is 2.10. The SMILES string of the molecule is COCc1nc2c(N)nc3cc(CCC(=O)O)ccc3c2n1CC(C)(C)O. The van der Waals surface area contributed by atoms with Gasteiger partial charge < -0.3 is 25.3 Å². The first-order chi connectivity index (χ1) is 12.7. The normalized spacial score (nSPS) is 12.1. The van der Waals surface area contributed by atoms with Gasteiger partial charge in [0.2, 0.25) is 0 Å². The van der Waals surface area contributed by atoms with Crippen molar-refractivity contribution in [1.82, 2.24) is 14.5 Å². The molecule has 144 valence electrons. The second-order valence-corrected chi connectivity index (χ2v) is 7.30. The highest BCUT2D eigenvalue weighted by molar-refractivity contribution is 6.06. The standard InChI is InChI=1S/C19H24N4O4/c1-19(2,26)10-23-14(9-27-3)22-16-17(23)12-6-4-11(5-7-15(24)25)8-13(12)21-18(16)20/h4,6,8,26H,5,7,9-10H2,1-3H3,(H2,20,21)(H,24,25). The molecule has 8 nitrogen and oxygen atoms in total. The minimum absolute atomic E-state index is 0.0534. The van der Waals surface area contributed by atoms with Gasteiger partial charge in [-0.1, -0.05) is 12.1 Å². The number of carboxylic acids is 1. The number of aromatic nitrogens is 3. The smallest absolute Gasteiger partial charge is 0.303 e. The van der Waals surface area contributed by atoms with Crippen LogP contribution in [0.4, 0.5) is 5.82 Å². The number of nitrogens with two attached hydrogens (primary N) is 1. The van der Waals surface area contributed by atoms with Crippen LogP contribution >= 0.6 is 0 Å². The molecule has 0 unspecified atom stereocenters. The summed E-state index contributed by atoms with van der Waals surface area (Å²) in [5.41, 5.74) is 8.10. The van der Waals surface area contributed by atoms with Gasteiger partial charge in [0.15, 0.2) is 5.82 Å². The summed E-state index contributed by atoms with van der Waals surface area (Å²) in [4.78, 5) is 19.9. The van der Waals surface area contributed by atoms with E-state index in [1.54, 1.807) is 21.0 Å². The van der Waals surface area contributed by atoms with Crippen LogP contribution in [0.3, 0.4) is 0 Å².